The highest BCUT2D eigenvalue weighted by atomic mass is 32.1. The van der Waals surface area contributed by atoms with Crippen molar-refractivity contribution in [3.05, 3.63) is 146 Å². The third-order valence-corrected chi connectivity index (χ3v) is 9.25. The largest absolute Gasteiger partial charge is 0.456 e. The van der Waals surface area contributed by atoms with Gasteiger partial charge in [0.05, 0.1) is 10.2 Å². The summed E-state index contributed by atoms with van der Waals surface area (Å²) >= 11 is 1.71. The van der Waals surface area contributed by atoms with Gasteiger partial charge < -0.3 is 4.42 Å². The zero-order valence-electron chi connectivity index (χ0n) is 24.5. The number of hydrogen-bond donors (Lipinski definition) is 0. The maximum Gasteiger partial charge on any atom is 0.164 e. The van der Waals surface area contributed by atoms with Crippen LogP contribution in [0.3, 0.4) is 0 Å². The van der Waals surface area contributed by atoms with Gasteiger partial charge in [-0.15, -0.1) is 11.3 Å². The standard InChI is InChI=1S/C40H24N4OS/c1-3-11-25(12-4-1)37-42-38(26-13-5-2-6-14-26)44-39(43-37)28-16-9-15-27(23-28)30-17-10-19-34-36(30)31-24-29(21-22-33(31)45-34)40-41-32-18-7-8-20-35(32)46-40/h1-24H. The number of furan rings is 1. The molecule has 5 nitrogen and oxygen atoms in total. The molecule has 0 N–H and O–H groups in total. The molecule has 0 amide bonds. The van der Waals surface area contributed by atoms with Crippen molar-refractivity contribution in [1.82, 2.24) is 19.9 Å². The van der Waals surface area contributed by atoms with E-state index in [1.54, 1.807) is 11.3 Å². The van der Waals surface area contributed by atoms with Gasteiger partial charge in [0.15, 0.2) is 17.5 Å². The van der Waals surface area contributed by atoms with Gasteiger partial charge >= 0.3 is 0 Å². The van der Waals surface area contributed by atoms with E-state index in [9.17, 15) is 0 Å². The Kier molecular flexibility index (Phi) is 6.25. The van der Waals surface area contributed by atoms with Crippen LogP contribution in [0, 0.1) is 0 Å². The van der Waals surface area contributed by atoms with Crippen LogP contribution in [0.1, 0.15) is 0 Å². The SMILES string of the molecule is c1ccc(-c2nc(-c3ccccc3)nc(-c3cccc(-c4cccc5oc6ccc(-c7nc8ccccc8s7)cc6c45)c3)n2)cc1. The molecule has 0 unspecified atom stereocenters. The molecule has 6 aromatic carbocycles. The number of aromatic nitrogens is 4. The fourth-order valence-corrected chi connectivity index (χ4v) is 6.92. The molecular formula is C40H24N4OS. The molecule has 6 heteroatoms. The van der Waals surface area contributed by atoms with Gasteiger partial charge in [-0.2, -0.15) is 0 Å². The van der Waals surface area contributed by atoms with Crippen LogP contribution < -0.4 is 0 Å². The van der Waals surface area contributed by atoms with Crippen molar-refractivity contribution < 1.29 is 4.42 Å². The minimum absolute atomic E-state index is 0.622. The van der Waals surface area contributed by atoms with Gasteiger partial charge in [-0.25, -0.2) is 19.9 Å². The summed E-state index contributed by atoms with van der Waals surface area (Å²) in [4.78, 5) is 19.7. The molecule has 0 atom stereocenters. The number of rotatable bonds is 5. The summed E-state index contributed by atoms with van der Waals surface area (Å²) in [5.41, 5.74) is 8.72. The number of fused-ring (bicyclic) bond motifs is 4. The molecule has 0 saturated heterocycles. The van der Waals surface area contributed by atoms with E-state index < -0.39 is 0 Å². The van der Waals surface area contributed by atoms with E-state index in [4.69, 9.17) is 24.4 Å². The fourth-order valence-electron chi connectivity index (χ4n) is 5.96. The van der Waals surface area contributed by atoms with Crippen molar-refractivity contribution in [1.29, 1.82) is 0 Å². The highest BCUT2D eigenvalue weighted by Gasteiger charge is 2.17. The van der Waals surface area contributed by atoms with Gasteiger partial charge in [-0.1, -0.05) is 103 Å². The van der Waals surface area contributed by atoms with Crippen LogP contribution in [0.4, 0.5) is 0 Å². The number of benzene rings is 6. The molecule has 9 aromatic rings. The van der Waals surface area contributed by atoms with Crippen molar-refractivity contribution in [3.63, 3.8) is 0 Å². The number of hydrogen-bond acceptors (Lipinski definition) is 6. The van der Waals surface area contributed by atoms with Crippen LogP contribution in [0.15, 0.2) is 150 Å². The highest BCUT2D eigenvalue weighted by molar-refractivity contribution is 7.21. The summed E-state index contributed by atoms with van der Waals surface area (Å²) in [6.07, 6.45) is 0. The third-order valence-electron chi connectivity index (χ3n) is 8.17. The summed E-state index contributed by atoms with van der Waals surface area (Å²) in [5, 5.41) is 3.13. The van der Waals surface area contributed by atoms with Crippen LogP contribution in [0.2, 0.25) is 0 Å². The minimum atomic E-state index is 0.622. The van der Waals surface area contributed by atoms with Crippen molar-refractivity contribution >= 4 is 43.5 Å². The Morgan fingerprint density at radius 2 is 1.07 bits per heavy atom. The zero-order valence-corrected chi connectivity index (χ0v) is 25.3. The molecule has 46 heavy (non-hydrogen) atoms. The van der Waals surface area contributed by atoms with Gasteiger partial charge in [0.2, 0.25) is 0 Å². The smallest absolute Gasteiger partial charge is 0.164 e. The number of para-hydroxylation sites is 1. The lowest BCUT2D eigenvalue weighted by molar-refractivity contribution is 0.669. The number of thiazole rings is 1. The second-order valence-electron chi connectivity index (χ2n) is 11.1. The monoisotopic (exact) mass is 608 g/mol. The molecule has 0 bridgehead atoms. The quantitative estimate of drug-likeness (QED) is 0.194. The molecule has 216 valence electrons. The second kappa shape index (κ2) is 10.9. The van der Waals surface area contributed by atoms with E-state index in [1.165, 1.54) is 4.70 Å². The first-order chi connectivity index (χ1) is 22.8. The van der Waals surface area contributed by atoms with Crippen molar-refractivity contribution in [2.45, 2.75) is 0 Å². The van der Waals surface area contributed by atoms with Gasteiger partial charge in [0.1, 0.15) is 16.2 Å². The van der Waals surface area contributed by atoms with Crippen LogP contribution in [-0.4, -0.2) is 19.9 Å². The lowest BCUT2D eigenvalue weighted by Gasteiger charge is -2.10. The van der Waals surface area contributed by atoms with E-state index in [-0.39, 0.29) is 0 Å². The van der Waals surface area contributed by atoms with Crippen molar-refractivity contribution in [2.24, 2.45) is 0 Å². The Balaban J connectivity index is 1.19. The molecule has 0 saturated carbocycles. The maximum absolute atomic E-state index is 6.36. The van der Waals surface area contributed by atoms with Crippen LogP contribution in [0.25, 0.3) is 88.0 Å². The van der Waals surface area contributed by atoms with Gasteiger partial charge in [-0.3, -0.25) is 0 Å². The zero-order chi connectivity index (χ0) is 30.5. The Morgan fingerprint density at radius 1 is 0.435 bits per heavy atom. The van der Waals surface area contributed by atoms with E-state index in [2.05, 4.69) is 66.7 Å². The first kappa shape index (κ1) is 26.4. The van der Waals surface area contributed by atoms with Gasteiger partial charge in [-0.05, 0) is 53.6 Å². The Bertz CT molecular complexity index is 2450. The van der Waals surface area contributed by atoms with Crippen molar-refractivity contribution in [2.75, 3.05) is 0 Å². The molecule has 0 aliphatic carbocycles. The predicted octanol–water partition coefficient (Wildman–Crippen LogP) is 10.7. The average molecular weight is 609 g/mol. The second-order valence-corrected chi connectivity index (χ2v) is 12.1. The van der Waals surface area contributed by atoms with Crippen LogP contribution in [0.5, 0.6) is 0 Å². The molecule has 0 aliphatic rings. The van der Waals surface area contributed by atoms with E-state index in [0.29, 0.717) is 17.5 Å². The minimum Gasteiger partial charge on any atom is -0.456 e. The summed E-state index contributed by atoms with van der Waals surface area (Å²) in [7, 11) is 0. The maximum atomic E-state index is 6.36. The molecule has 0 fully saturated rings. The Hall–Kier alpha value is -5.98. The van der Waals surface area contributed by atoms with Crippen LogP contribution in [-0.2, 0) is 0 Å². The Labute approximate surface area is 268 Å². The average Bonchev–Trinajstić information content (AvgIpc) is 3.74. The first-order valence-corrected chi connectivity index (χ1v) is 15.9. The fraction of sp³-hybridized carbons (Fsp3) is 0. The van der Waals surface area contributed by atoms with Gasteiger partial charge in [0, 0.05) is 33.0 Å². The predicted molar refractivity (Wildman–Crippen MR) is 187 cm³/mol. The molecule has 3 heterocycles. The lowest BCUT2D eigenvalue weighted by atomic mass is 9.97. The summed E-state index contributed by atoms with van der Waals surface area (Å²) < 4.78 is 7.54. The molecule has 0 radical (unpaired) electrons. The topological polar surface area (TPSA) is 64.7 Å². The first-order valence-electron chi connectivity index (χ1n) is 15.1. The Morgan fingerprint density at radius 3 is 1.80 bits per heavy atom. The summed E-state index contributed by atoms with van der Waals surface area (Å²) in [5.74, 6) is 1.90. The molecule has 0 aliphatic heterocycles. The van der Waals surface area contributed by atoms with E-state index in [1.807, 2.05) is 78.9 Å². The molecular weight excluding hydrogens is 585 g/mol. The number of nitrogens with zero attached hydrogens (tertiary/aromatic N) is 4. The van der Waals surface area contributed by atoms with Crippen LogP contribution >= 0.6 is 11.3 Å². The summed E-state index contributed by atoms with van der Waals surface area (Å²) in [6, 6.07) is 49.3. The van der Waals surface area contributed by atoms with E-state index in [0.717, 1.165) is 65.8 Å². The third kappa shape index (κ3) is 4.64. The van der Waals surface area contributed by atoms with Crippen molar-refractivity contribution in [3.8, 4) is 55.9 Å². The molecule has 9 rings (SSSR count). The highest BCUT2D eigenvalue weighted by Crippen LogP contribution is 2.40. The molecule has 3 aromatic heterocycles. The van der Waals surface area contributed by atoms with E-state index >= 15 is 0 Å². The summed E-state index contributed by atoms with van der Waals surface area (Å²) in [6.45, 7) is 0. The molecule has 0 spiro atoms. The normalized spacial score (nSPS) is 11.5. The van der Waals surface area contributed by atoms with Gasteiger partial charge in [0.25, 0.3) is 0 Å². The lowest BCUT2D eigenvalue weighted by Crippen LogP contribution is -2.00.